The van der Waals surface area contributed by atoms with E-state index in [0.717, 1.165) is 0 Å². The van der Waals surface area contributed by atoms with E-state index in [4.69, 9.17) is 4.42 Å². The Bertz CT molecular complexity index is 1300. The number of hydrogen-bond acceptors (Lipinski definition) is 6. The van der Waals surface area contributed by atoms with Gasteiger partial charge < -0.3 is 14.6 Å². The first kappa shape index (κ1) is 21.3. The number of rotatable bonds is 3. The molecule has 10 nitrogen and oxygen atoms in total. The molecule has 0 bridgehead atoms. The quantitative estimate of drug-likeness (QED) is 0.575. The van der Waals surface area contributed by atoms with Gasteiger partial charge >= 0.3 is 6.03 Å². The summed E-state index contributed by atoms with van der Waals surface area (Å²) >= 11 is 0. The third kappa shape index (κ3) is 3.69. The van der Waals surface area contributed by atoms with Crippen molar-refractivity contribution in [2.75, 3.05) is 21.9 Å². The van der Waals surface area contributed by atoms with Crippen LogP contribution in [0.25, 0.3) is 0 Å². The summed E-state index contributed by atoms with van der Waals surface area (Å²) in [7, 11) is -3.49. The molecule has 1 N–H and O–H groups in total. The van der Waals surface area contributed by atoms with E-state index in [0.29, 0.717) is 42.2 Å². The third-order valence-electron chi connectivity index (χ3n) is 5.61. The van der Waals surface area contributed by atoms with Crippen molar-refractivity contribution >= 4 is 27.4 Å². The number of carbonyl (C=O) groups excluding carboxylic acids is 1. The van der Waals surface area contributed by atoms with Gasteiger partial charge in [0.1, 0.15) is 11.8 Å². The van der Waals surface area contributed by atoms with E-state index in [-0.39, 0.29) is 24.5 Å². The van der Waals surface area contributed by atoms with E-state index in [9.17, 15) is 26.4 Å². The number of oxazole rings is 1. The van der Waals surface area contributed by atoms with Crippen LogP contribution in [0.1, 0.15) is 23.9 Å². The van der Waals surface area contributed by atoms with Gasteiger partial charge in [-0.3, -0.25) is 8.99 Å². The molecule has 1 aromatic carbocycles. The van der Waals surface area contributed by atoms with Crippen molar-refractivity contribution in [3.05, 3.63) is 59.8 Å². The number of aromatic nitrogens is 3. The second kappa shape index (κ2) is 7.79. The zero-order valence-electron chi connectivity index (χ0n) is 16.9. The average molecular weight is 482 g/mol. The fraction of sp³-hybridized carbons (Fsp3) is 0.316. The molecule has 4 heterocycles. The summed E-state index contributed by atoms with van der Waals surface area (Å²) in [6.07, 6.45) is 4.51. The molecule has 174 valence electrons. The lowest BCUT2D eigenvalue weighted by Gasteiger charge is -2.35. The van der Waals surface area contributed by atoms with Crippen molar-refractivity contribution < 1.29 is 30.8 Å². The van der Waals surface area contributed by atoms with Crippen LogP contribution in [-0.2, 0) is 23.1 Å². The number of hydrogen-bond donors (Lipinski definition) is 1. The molecule has 2 aliphatic rings. The Hall–Kier alpha value is -3.55. The number of benzene rings is 1. The number of nitrogens with zero attached hydrogens (tertiary/aromatic N) is 5. The van der Waals surface area contributed by atoms with E-state index in [1.165, 1.54) is 28.0 Å². The monoisotopic (exact) mass is 482 g/mol. The van der Waals surface area contributed by atoms with E-state index in [1.807, 2.05) is 0 Å². The molecule has 2 aliphatic heterocycles. The van der Waals surface area contributed by atoms with E-state index >= 15 is 0 Å². The van der Waals surface area contributed by atoms with E-state index in [1.54, 1.807) is 4.68 Å². The number of carbonyl (C=O) groups is 1. The van der Waals surface area contributed by atoms with Gasteiger partial charge in [0.25, 0.3) is 0 Å². The lowest BCUT2D eigenvalue weighted by molar-refractivity contribution is 0.141. The molecule has 14 heteroatoms. The van der Waals surface area contributed by atoms with Gasteiger partial charge in [-0.1, -0.05) is 0 Å². The van der Waals surface area contributed by atoms with Crippen molar-refractivity contribution in [3.8, 4) is 0 Å². The van der Waals surface area contributed by atoms with Crippen molar-refractivity contribution in [2.24, 2.45) is 0 Å². The highest BCUT2D eigenvalue weighted by atomic mass is 32.2. The van der Waals surface area contributed by atoms with Crippen LogP contribution in [0, 0.1) is 17.5 Å². The van der Waals surface area contributed by atoms with Gasteiger partial charge in [-0.25, -0.2) is 31.4 Å². The maximum Gasteiger partial charge on any atom is 0.322 e. The van der Waals surface area contributed by atoms with Crippen molar-refractivity contribution in [1.82, 2.24) is 19.7 Å². The lowest BCUT2D eigenvalue weighted by Crippen LogP contribution is -2.44. The van der Waals surface area contributed by atoms with Crippen molar-refractivity contribution in [3.63, 3.8) is 0 Å². The fourth-order valence-electron chi connectivity index (χ4n) is 4.04. The molecule has 5 rings (SSSR count). The number of nitrogens with one attached hydrogen (secondary N) is 1. The number of sulfonamides is 1. The summed E-state index contributed by atoms with van der Waals surface area (Å²) in [6.45, 7) is 0.343. The highest BCUT2D eigenvalue weighted by Crippen LogP contribution is 2.36. The number of urea groups is 1. The minimum atomic E-state index is -3.49. The number of fused-ring (bicyclic) bond motifs is 1. The molecular weight excluding hydrogens is 465 g/mol. The molecule has 0 spiro atoms. The molecule has 0 aliphatic carbocycles. The Balaban J connectivity index is 1.49. The predicted molar refractivity (Wildman–Crippen MR) is 108 cm³/mol. The molecule has 3 aromatic rings. The summed E-state index contributed by atoms with van der Waals surface area (Å²) in [5, 5.41) is 6.64. The zero-order chi connectivity index (χ0) is 23.3. The summed E-state index contributed by atoms with van der Waals surface area (Å²) in [6, 6.07) is -0.130. The van der Waals surface area contributed by atoms with Crippen LogP contribution in [0.2, 0.25) is 0 Å². The summed E-state index contributed by atoms with van der Waals surface area (Å²) in [4.78, 5) is 18.3. The number of halogens is 3. The van der Waals surface area contributed by atoms with Gasteiger partial charge in [-0.2, -0.15) is 5.10 Å². The van der Waals surface area contributed by atoms with Crippen LogP contribution in [0.15, 0.2) is 35.3 Å². The molecule has 0 unspecified atom stereocenters. The first-order valence-electron chi connectivity index (χ1n) is 9.90. The van der Waals surface area contributed by atoms with Crippen LogP contribution in [0.5, 0.6) is 0 Å². The summed E-state index contributed by atoms with van der Waals surface area (Å²) in [5.41, 5.74) is 0.553. The third-order valence-corrected chi connectivity index (χ3v) is 7.47. The molecule has 33 heavy (non-hydrogen) atoms. The van der Waals surface area contributed by atoms with Gasteiger partial charge in [0.05, 0.1) is 42.6 Å². The maximum atomic E-state index is 13.6. The van der Waals surface area contributed by atoms with Gasteiger partial charge in [0.2, 0.25) is 10.0 Å². The van der Waals surface area contributed by atoms with Crippen LogP contribution in [0.3, 0.4) is 0 Å². The first-order chi connectivity index (χ1) is 15.7. The topological polar surface area (TPSA) is 114 Å². The van der Waals surface area contributed by atoms with Gasteiger partial charge in [0, 0.05) is 24.4 Å². The van der Waals surface area contributed by atoms with Crippen LogP contribution < -0.4 is 9.62 Å². The number of amides is 2. The minimum Gasteiger partial charge on any atom is -0.446 e. The van der Waals surface area contributed by atoms with Crippen LogP contribution in [-0.4, -0.2) is 46.4 Å². The molecule has 1 fully saturated rings. The van der Waals surface area contributed by atoms with E-state index in [2.05, 4.69) is 15.4 Å². The predicted octanol–water partition coefficient (Wildman–Crippen LogP) is 2.62. The molecule has 0 radical (unpaired) electrons. The van der Waals surface area contributed by atoms with Gasteiger partial charge in [0.15, 0.2) is 23.8 Å². The Morgan fingerprint density at radius 3 is 2.58 bits per heavy atom. The largest absolute Gasteiger partial charge is 0.446 e. The van der Waals surface area contributed by atoms with Gasteiger partial charge in [-0.05, 0) is 6.42 Å². The molecule has 0 saturated carbocycles. The smallest absolute Gasteiger partial charge is 0.322 e. The molecule has 1 atom stereocenters. The summed E-state index contributed by atoms with van der Waals surface area (Å²) < 4.78 is 73.5. The fourth-order valence-corrected chi connectivity index (χ4v) is 5.62. The Morgan fingerprint density at radius 2 is 1.94 bits per heavy atom. The van der Waals surface area contributed by atoms with Crippen LogP contribution >= 0.6 is 0 Å². The summed E-state index contributed by atoms with van der Waals surface area (Å²) in [5.74, 6) is -4.20. The second-order valence-electron chi connectivity index (χ2n) is 7.63. The standard InChI is InChI=1S/C19H17F3N6O4S/c20-12-4-11(5-13(21)18(12)22)25-19(29)26-8-15-14(28-2-1-3-33(28,30)31)6-24-27(15)9-16(26)17-7-23-10-32-17/h4-7,10,16H,1-3,8-9H2,(H,25,29)/t16-/m1/s1. The number of anilines is 2. The van der Waals surface area contributed by atoms with Crippen LogP contribution in [0.4, 0.5) is 29.3 Å². The Morgan fingerprint density at radius 1 is 1.18 bits per heavy atom. The highest BCUT2D eigenvalue weighted by molar-refractivity contribution is 7.93. The Labute approximate surface area is 185 Å². The molecule has 1 saturated heterocycles. The average Bonchev–Trinajstić information content (AvgIpc) is 3.50. The first-order valence-corrected chi connectivity index (χ1v) is 11.5. The normalized spacial score (nSPS) is 19.5. The van der Waals surface area contributed by atoms with Gasteiger partial charge in [-0.15, -0.1) is 0 Å². The molecule has 2 aromatic heterocycles. The zero-order valence-corrected chi connectivity index (χ0v) is 17.7. The molecular formula is C19H17F3N6O4S. The minimum absolute atomic E-state index is 0.0181. The van der Waals surface area contributed by atoms with Crippen molar-refractivity contribution in [1.29, 1.82) is 0 Å². The maximum absolute atomic E-state index is 13.6. The lowest BCUT2D eigenvalue weighted by atomic mass is 10.1. The SMILES string of the molecule is O=C(Nc1cc(F)c(F)c(F)c1)N1Cc2c(N3CCCS3(=O)=O)cnn2C[C@@H]1c1cnco1. The molecule has 2 amide bonds. The Kier molecular flexibility index (Phi) is 5.03. The van der Waals surface area contributed by atoms with E-state index < -0.39 is 39.5 Å². The highest BCUT2D eigenvalue weighted by Gasteiger charge is 2.38. The van der Waals surface area contributed by atoms with Crippen molar-refractivity contribution in [2.45, 2.75) is 25.6 Å². The second-order valence-corrected chi connectivity index (χ2v) is 9.64.